The molecule has 1 rings (SSSR count). The third-order valence-electron chi connectivity index (χ3n) is 2.20. The Balaban J connectivity index is 2.35. The molecule has 1 atom stereocenters. The Labute approximate surface area is 84.4 Å². The van der Waals surface area contributed by atoms with Crippen LogP contribution >= 0.6 is 0 Å². The Kier molecular flexibility index (Phi) is 3.73. The van der Waals surface area contributed by atoms with Crippen LogP contribution in [0.15, 0.2) is 4.99 Å². The number of rotatable bonds is 3. The molecule has 1 saturated heterocycles. The maximum atomic E-state index is 11.2. The summed E-state index contributed by atoms with van der Waals surface area (Å²) in [5.41, 5.74) is 5.64. The van der Waals surface area contributed by atoms with E-state index in [1.54, 1.807) is 11.9 Å². The number of carbonyl (C=O) groups excluding carboxylic acids is 1. The van der Waals surface area contributed by atoms with Crippen molar-refractivity contribution in [2.24, 2.45) is 10.7 Å². The summed E-state index contributed by atoms with van der Waals surface area (Å²) in [6.45, 7) is 3.49. The molecule has 3 N–H and O–H groups in total. The number of hydrogen-bond donors (Lipinski definition) is 2. The highest BCUT2D eigenvalue weighted by atomic mass is 16.2. The Morgan fingerprint density at radius 1 is 1.79 bits per heavy atom. The van der Waals surface area contributed by atoms with Crippen molar-refractivity contribution in [2.75, 3.05) is 20.1 Å². The highest BCUT2D eigenvalue weighted by molar-refractivity contribution is 5.82. The van der Waals surface area contributed by atoms with Crippen LogP contribution in [-0.2, 0) is 4.79 Å². The molecular weight excluding hydrogens is 180 g/mol. The van der Waals surface area contributed by atoms with Gasteiger partial charge >= 0.3 is 0 Å². The fourth-order valence-corrected chi connectivity index (χ4v) is 1.45. The Hall–Kier alpha value is -1.26. The topological polar surface area (TPSA) is 70.7 Å². The molecule has 14 heavy (non-hydrogen) atoms. The van der Waals surface area contributed by atoms with Gasteiger partial charge in [-0.2, -0.15) is 0 Å². The SMILES string of the molecule is CCCN=C(N)NC1CC(=O)N(C)C1. The number of amides is 1. The Bertz CT molecular complexity index is 239. The zero-order valence-corrected chi connectivity index (χ0v) is 8.79. The first-order valence-electron chi connectivity index (χ1n) is 4.94. The summed E-state index contributed by atoms with van der Waals surface area (Å²) < 4.78 is 0. The monoisotopic (exact) mass is 198 g/mol. The summed E-state index contributed by atoms with van der Waals surface area (Å²) in [4.78, 5) is 17.0. The summed E-state index contributed by atoms with van der Waals surface area (Å²) in [6, 6.07) is 0.119. The van der Waals surface area contributed by atoms with Crippen LogP contribution in [0.5, 0.6) is 0 Å². The number of hydrogen-bond acceptors (Lipinski definition) is 2. The first-order valence-corrected chi connectivity index (χ1v) is 4.94. The lowest BCUT2D eigenvalue weighted by atomic mass is 10.3. The van der Waals surface area contributed by atoms with Gasteiger partial charge in [-0.25, -0.2) is 0 Å². The van der Waals surface area contributed by atoms with Crippen LogP contribution in [-0.4, -0.2) is 42.9 Å². The van der Waals surface area contributed by atoms with E-state index in [0.717, 1.165) is 13.0 Å². The van der Waals surface area contributed by atoms with Gasteiger partial charge in [0, 0.05) is 26.6 Å². The van der Waals surface area contributed by atoms with Gasteiger partial charge in [0.15, 0.2) is 5.96 Å². The predicted octanol–water partition coefficient (Wildman–Crippen LogP) is -0.469. The van der Waals surface area contributed by atoms with Gasteiger partial charge < -0.3 is 16.0 Å². The number of guanidine groups is 1. The second-order valence-corrected chi connectivity index (χ2v) is 3.59. The largest absolute Gasteiger partial charge is 0.370 e. The standard InChI is InChI=1S/C9H18N4O/c1-3-4-11-9(10)12-7-5-8(14)13(2)6-7/h7H,3-6H2,1-2H3,(H3,10,11,12). The maximum absolute atomic E-state index is 11.2. The van der Waals surface area contributed by atoms with Gasteiger partial charge in [-0.3, -0.25) is 9.79 Å². The molecule has 0 aliphatic carbocycles. The molecule has 0 saturated carbocycles. The summed E-state index contributed by atoms with van der Waals surface area (Å²) in [5, 5.41) is 3.04. The fourth-order valence-electron chi connectivity index (χ4n) is 1.45. The number of likely N-dealkylation sites (N-methyl/N-ethyl adjacent to an activating group) is 1. The lowest BCUT2D eigenvalue weighted by molar-refractivity contribution is -0.126. The zero-order chi connectivity index (χ0) is 10.6. The molecule has 5 heteroatoms. The molecule has 0 aromatic rings. The van der Waals surface area contributed by atoms with E-state index in [1.165, 1.54) is 0 Å². The first-order chi connectivity index (χ1) is 6.63. The average Bonchev–Trinajstić information content (AvgIpc) is 2.42. The van der Waals surface area contributed by atoms with E-state index in [0.29, 0.717) is 18.9 Å². The third-order valence-corrected chi connectivity index (χ3v) is 2.20. The first kappa shape index (κ1) is 10.8. The number of nitrogens with zero attached hydrogens (tertiary/aromatic N) is 2. The van der Waals surface area contributed by atoms with Crippen molar-refractivity contribution in [3.05, 3.63) is 0 Å². The lowest BCUT2D eigenvalue weighted by Gasteiger charge is -2.12. The zero-order valence-electron chi connectivity index (χ0n) is 8.79. The molecule has 1 aliphatic rings. The smallest absolute Gasteiger partial charge is 0.224 e. The molecule has 1 heterocycles. The quantitative estimate of drug-likeness (QED) is 0.476. The molecule has 5 nitrogen and oxygen atoms in total. The van der Waals surface area contributed by atoms with Gasteiger partial charge in [-0.1, -0.05) is 6.92 Å². The second kappa shape index (κ2) is 4.83. The van der Waals surface area contributed by atoms with E-state index in [4.69, 9.17) is 5.73 Å². The number of nitrogens with two attached hydrogens (primary N) is 1. The summed E-state index contributed by atoms with van der Waals surface area (Å²) >= 11 is 0. The molecule has 0 bridgehead atoms. The van der Waals surface area contributed by atoms with Crippen LogP contribution in [0.2, 0.25) is 0 Å². The van der Waals surface area contributed by atoms with Crippen molar-refractivity contribution in [1.29, 1.82) is 0 Å². The minimum atomic E-state index is 0.119. The maximum Gasteiger partial charge on any atom is 0.224 e. The molecule has 0 aromatic heterocycles. The van der Waals surface area contributed by atoms with Crippen LogP contribution in [0.1, 0.15) is 19.8 Å². The van der Waals surface area contributed by atoms with E-state index in [2.05, 4.69) is 10.3 Å². The van der Waals surface area contributed by atoms with Gasteiger partial charge in [0.2, 0.25) is 5.91 Å². The minimum absolute atomic E-state index is 0.119. The second-order valence-electron chi connectivity index (χ2n) is 3.59. The van der Waals surface area contributed by atoms with Crippen LogP contribution < -0.4 is 11.1 Å². The third kappa shape index (κ3) is 2.90. The molecule has 0 radical (unpaired) electrons. The molecule has 1 amide bonds. The summed E-state index contributed by atoms with van der Waals surface area (Å²) in [5.74, 6) is 0.603. The van der Waals surface area contributed by atoms with Crippen molar-refractivity contribution in [2.45, 2.75) is 25.8 Å². The van der Waals surface area contributed by atoms with Crippen molar-refractivity contribution in [3.63, 3.8) is 0 Å². The Morgan fingerprint density at radius 3 is 3.00 bits per heavy atom. The van der Waals surface area contributed by atoms with Gasteiger partial charge in [-0.15, -0.1) is 0 Å². The number of carbonyl (C=O) groups is 1. The molecule has 80 valence electrons. The molecule has 1 aliphatic heterocycles. The van der Waals surface area contributed by atoms with Crippen molar-refractivity contribution >= 4 is 11.9 Å². The van der Waals surface area contributed by atoms with Crippen LogP contribution in [0.25, 0.3) is 0 Å². The van der Waals surface area contributed by atoms with E-state index < -0.39 is 0 Å². The lowest BCUT2D eigenvalue weighted by Crippen LogP contribution is -2.41. The average molecular weight is 198 g/mol. The predicted molar refractivity (Wildman–Crippen MR) is 56.0 cm³/mol. The number of aliphatic imine (C=N–C) groups is 1. The molecule has 0 spiro atoms. The van der Waals surface area contributed by atoms with Gasteiger partial charge in [0.05, 0.1) is 6.04 Å². The van der Waals surface area contributed by atoms with Gasteiger partial charge in [0.25, 0.3) is 0 Å². The summed E-state index contributed by atoms with van der Waals surface area (Å²) in [7, 11) is 1.80. The highest BCUT2D eigenvalue weighted by Crippen LogP contribution is 2.07. The van der Waals surface area contributed by atoms with Crippen molar-refractivity contribution in [3.8, 4) is 0 Å². The van der Waals surface area contributed by atoms with Gasteiger partial charge in [-0.05, 0) is 6.42 Å². The number of likely N-dealkylation sites (tertiary alicyclic amines) is 1. The molecule has 1 unspecified atom stereocenters. The highest BCUT2D eigenvalue weighted by Gasteiger charge is 2.26. The van der Waals surface area contributed by atoms with E-state index >= 15 is 0 Å². The van der Waals surface area contributed by atoms with E-state index in [-0.39, 0.29) is 11.9 Å². The van der Waals surface area contributed by atoms with Crippen molar-refractivity contribution < 1.29 is 4.79 Å². The minimum Gasteiger partial charge on any atom is -0.370 e. The molecular formula is C9H18N4O. The Morgan fingerprint density at radius 2 is 2.50 bits per heavy atom. The van der Waals surface area contributed by atoms with Crippen molar-refractivity contribution in [1.82, 2.24) is 10.2 Å². The molecule has 0 aromatic carbocycles. The molecule has 1 fully saturated rings. The van der Waals surface area contributed by atoms with Gasteiger partial charge in [0.1, 0.15) is 0 Å². The summed E-state index contributed by atoms with van der Waals surface area (Å²) in [6.07, 6.45) is 1.49. The van der Waals surface area contributed by atoms with E-state index in [1.807, 2.05) is 6.92 Å². The van der Waals surface area contributed by atoms with E-state index in [9.17, 15) is 4.79 Å². The van der Waals surface area contributed by atoms with Crippen LogP contribution in [0, 0.1) is 0 Å². The normalized spacial score (nSPS) is 23.0. The fraction of sp³-hybridized carbons (Fsp3) is 0.778. The number of nitrogens with one attached hydrogen (secondary N) is 1. The van der Waals surface area contributed by atoms with Crippen LogP contribution in [0.4, 0.5) is 0 Å². The van der Waals surface area contributed by atoms with Crippen LogP contribution in [0.3, 0.4) is 0 Å².